The first-order chi connectivity index (χ1) is 15.8. The van der Waals surface area contributed by atoms with Crippen molar-refractivity contribution in [2.75, 3.05) is 57.8 Å². The van der Waals surface area contributed by atoms with Crippen molar-refractivity contribution < 1.29 is 14.3 Å². The van der Waals surface area contributed by atoms with Gasteiger partial charge in [0.25, 0.3) is 0 Å². The summed E-state index contributed by atoms with van der Waals surface area (Å²) in [5.74, 6) is 0.435. The second-order valence-corrected chi connectivity index (χ2v) is 10.1. The van der Waals surface area contributed by atoms with Gasteiger partial charge < -0.3 is 29.5 Å². The van der Waals surface area contributed by atoms with Crippen LogP contribution in [0, 0.1) is 11.3 Å². The van der Waals surface area contributed by atoms with E-state index in [4.69, 9.17) is 14.5 Å². The number of carbonyl (C=O) groups is 1. The number of ether oxygens (including phenoxy) is 2. The highest BCUT2D eigenvalue weighted by Crippen LogP contribution is 2.36. The molecular formula is C24H36N6O3. The molecule has 0 saturated carbocycles. The van der Waals surface area contributed by atoms with Crippen LogP contribution in [-0.4, -0.2) is 85.4 Å². The molecule has 1 N–H and O–H groups in total. The van der Waals surface area contributed by atoms with Gasteiger partial charge in [0.2, 0.25) is 5.88 Å². The number of aromatic nitrogens is 1. The molecule has 33 heavy (non-hydrogen) atoms. The van der Waals surface area contributed by atoms with E-state index in [1.54, 1.807) is 4.90 Å². The van der Waals surface area contributed by atoms with E-state index in [1.807, 2.05) is 20.8 Å². The van der Waals surface area contributed by atoms with E-state index in [0.717, 1.165) is 42.9 Å². The molecule has 0 spiro atoms. The maximum atomic E-state index is 12.5. The summed E-state index contributed by atoms with van der Waals surface area (Å²) in [4.78, 5) is 23.5. The van der Waals surface area contributed by atoms with Crippen molar-refractivity contribution in [2.45, 2.75) is 58.2 Å². The maximum Gasteiger partial charge on any atom is 0.410 e. The monoisotopic (exact) mass is 456 g/mol. The number of carbonyl (C=O) groups excluding carboxylic acids is 1. The molecular weight excluding hydrogens is 420 g/mol. The second-order valence-electron chi connectivity index (χ2n) is 10.1. The smallest absolute Gasteiger partial charge is 0.410 e. The summed E-state index contributed by atoms with van der Waals surface area (Å²) in [7, 11) is 2.12. The standard InChI is InChI=1S/C24H36N6O3/c1-24(2,3)33-23(31)30-12-10-29(11-13-30)21-18-7-8-26-15-20(18)27-22(19(21)14-25)32-16-17-6-5-9-28(17)4/h17,26H,5-13,15-16H2,1-4H3. The highest BCUT2D eigenvalue weighted by Gasteiger charge is 2.31. The van der Waals surface area contributed by atoms with Gasteiger partial charge in [0.05, 0.1) is 11.4 Å². The number of nitriles is 1. The molecule has 0 aromatic carbocycles. The first kappa shape index (κ1) is 23.6. The maximum absolute atomic E-state index is 12.5. The summed E-state index contributed by atoms with van der Waals surface area (Å²) in [6.45, 7) is 11.2. The van der Waals surface area contributed by atoms with Crippen LogP contribution in [0.5, 0.6) is 5.88 Å². The molecule has 0 bridgehead atoms. The predicted octanol–water partition coefficient (Wildman–Crippen LogP) is 2.13. The zero-order chi connectivity index (χ0) is 23.6. The van der Waals surface area contributed by atoms with E-state index in [9.17, 15) is 10.1 Å². The lowest BCUT2D eigenvalue weighted by Gasteiger charge is -2.38. The summed E-state index contributed by atoms with van der Waals surface area (Å²) < 4.78 is 11.7. The Kier molecular flexibility index (Phi) is 6.96. The molecule has 1 amide bonds. The largest absolute Gasteiger partial charge is 0.475 e. The number of anilines is 1. The lowest BCUT2D eigenvalue weighted by Crippen LogP contribution is -2.50. The molecule has 2 fully saturated rings. The van der Waals surface area contributed by atoms with E-state index >= 15 is 0 Å². The number of pyridine rings is 1. The number of piperazine rings is 1. The van der Waals surface area contributed by atoms with Crippen LogP contribution in [0.15, 0.2) is 0 Å². The van der Waals surface area contributed by atoms with Crippen molar-refractivity contribution >= 4 is 11.8 Å². The zero-order valence-electron chi connectivity index (χ0n) is 20.3. The van der Waals surface area contributed by atoms with E-state index in [-0.39, 0.29) is 6.09 Å². The van der Waals surface area contributed by atoms with Crippen molar-refractivity contribution in [1.29, 1.82) is 5.26 Å². The Labute approximate surface area is 196 Å². The van der Waals surface area contributed by atoms with E-state index in [2.05, 4.69) is 28.2 Å². The van der Waals surface area contributed by atoms with Gasteiger partial charge in [0.1, 0.15) is 23.8 Å². The molecule has 1 aromatic rings. The van der Waals surface area contributed by atoms with Gasteiger partial charge in [-0.05, 0) is 60.2 Å². The first-order valence-electron chi connectivity index (χ1n) is 12.0. The van der Waals surface area contributed by atoms with Crippen LogP contribution in [0.25, 0.3) is 0 Å². The fourth-order valence-corrected chi connectivity index (χ4v) is 4.82. The van der Waals surface area contributed by atoms with E-state index in [0.29, 0.717) is 56.8 Å². The Bertz CT molecular complexity index is 914. The van der Waals surface area contributed by atoms with Gasteiger partial charge in [-0.25, -0.2) is 9.78 Å². The third kappa shape index (κ3) is 5.33. The Hall–Kier alpha value is -2.57. The van der Waals surface area contributed by atoms with Crippen molar-refractivity contribution in [1.82, 2.24) is 20.1 Å². The molecule has 1 unspecified atom stereocenters. The summed E-state index contributed by atoms with van der Waals surface area (Å²) in [6.07, 6.45) is 2.81. The van der Waals surface area contributed by atoms with Crippen LogP contribution >= 0.6 is 0 Å². The SMILES string of the molecule is CN1CCCC1COc1nc2c(c(N3CCN(C(=O)OC(C)(C)C)CC3)c1C#N)CCNC2. The molecule has 0 aliphatic carbocycles. The topological polar surface area (TPSA) is 94.0 Å². The van der Waals surface area contributed by atoms with Crippen molar-refractivity contribution in [2.24, 2.45) is 0 Å². The van der Waals surface area contributed by atoms with E-state index in [1.165, 1.54) is 6.42 Å². The number of hydrogen-bond donors (Lipinski definition) is 1. The number of rotatable bonds is 4. The summed E-state index contributed by atoms with van der Waals surface area (Å²) in [5.41, 5.74) is 3.02. The number of fused-ring (bicyclic) bond motifs is 1. The lowest BCUT2D eigenvalue weighted by molar-refractivity contribution is 0.0240. The molecule has 9 heteroatoms. The first-order valence-corrected chi connectivity index (χ1v) is 12.0. The second kappa shape index (κ2) is 9.74. The zero-order valence-corrected chi connectivity index (χ0v) is 20.3. The number of hydrogen-bond acceptors (Lipinski definition) is 8. The van der Waals surface area contributed by atoms with Gasteiger partial charge in [-0.15, -0.1) is 0 Å². The quantitative estimate of drug-likeness (QED) is 0.737. The number of nitrogens with one attached hydrogen (secondary N) is 1. The Morgan fingerprint density at radius 3 is 2.64 bits per heavy atom. The van der Waals surface area contributed by atoms with Gasteiger partial charge in [-0.2, -0.15) is 5.26 Å². The van der Waals surface area contributed by atoms with Gasteiger partial charge in [0, 0.05) is 44.3 Å². The minimum atomic E-state index is -0.515. The molecule has 3 aliphatic rings. The Morgan fingerprint density at radius 1 is 1.24 bits per heavy atom. The van der Waals surface area contributed by atoms with E-state index < -0.39 is 5.60 Å². The lowest BCUT2D eigenvalue weighted by atomic mass is 9.99. The van der Waals surface area contributed by atoms with Crippen molar-refractivity contribution in [3.63, 3.8) is 0 Å². The number of likely N-dealkylation sites (N-methyl/N-ethyl adjacent to an activating group) is 1. The van der Waals surface area contributed by atoms with Crippen LogP contribution in [0.3, 0.4) is 0 Å². The Morgan fingerprint density at radius 2 is 2.00 bits per heavy atom. The number of amides is 1. The van der Waals surface area contributed by atoms with Crippen molar-refractivity contribution in [3.8, 4) is 11.9 Å². The van der Waals surface area contributed by atoms with Gasteiger partial charge in [0.15, 0.2) is 0 Å². The third-order valence-corrected chi connectivity index (χ3v) is 6.61. The fraction of sp³-hybridized carbons (Fsp3) is 0.708. The Balaban J connectivity index is 1.55. The van der Waals surface area contributed by atoms with Crippen LogP contribution in [0.2, 0.25) is 0 Å². The minimum Gasteiger partial charge on any atom is -0.475 e. The van der Waals surface area contributed by atoms with Crippen LogP contribution in [0.4, 0.5) is 10.5 Å². The molecule has 1 atom stereocenters. The average molecular weight is 457 g/mol. The minimum absolute atomic E-state index is 0.284. The highest BCUT2D eigenvalue weighted by atomic mass is 16.6. The predicted molar refractivity (Wildman–Crippen MR) is 126 cm³/mol. The van der Waals surface area contributed by atoms with Crippen LogP contribution in [0.1, 0.15) is 50.4 Å². The number of nitrogens with zero attached hydrogens (tertiary/aromatic N) is 5. The third-order valence-electron chi connectivity index (χ3n) is 6.61. The van der Waals surface area contributed by atoms with Gasteiger partial charge in [-0.3, -0.25) is 0 Å². The molecule has 1 aromatic heterocycles. The van der Waals surface area contributed by atoms with Crippen LogP contribution < -0.4 is 15.0 Å². The molecule has 3 aliphatic heterocycles. The molecule has 9 nitrogen and oxygen atoms in total. The van der Waals surface area contributed by atoms with Gasteiger partial charge in [-0.1, -0.05) is 0 Å². The number of likely N-dealkylation sites (tertiary alicyclic amines) is 1. The fourth-order valence-electron chi connectivity index (χ4n) is 4.82. The summed E-state index contributed by atoms with van der Waals surface area (Å²) in [6, 6.07) is 2.75. The molecule has 0 radical (unpaired) electrons. The van der Waals surface area contributed by atoms with Gasteiger partial charge >= 0.3 is 6.09 Å². The normalized spacial score (nSPS) is 21.5. The molecule has 4 heterocycles. The summed E-state index contributed by atoms with van der Waals surface area (Å²) >= 11 is 0. The summed E-state index contributed by atoms with van der Waals surface area (Å²) in [5, 5.41) is 13.5. The molecule has 2 saturated heterocycles. The van der Waals surface area contributed by atoms with Crippen molar-refractivity contribution in [3.05, 3.63) is 16.8 Å². The molecule has 180 valence electrons. The van der Waals surface area contributed by atoms with Crippen LogP contribution in [-0.2, 0) is 17.7 Å². The highest BCUT2D eigenvalue weighted by molar-refractivity contribution is 5.71. The molecule has 4 rings (SSSR count). The average Bonchev–Trinajstić information content (AvgIpc) is 3.20.